The minimum absolute atomic E-state index is 0.0263. The molecule has 10 heteroatoms. The van der Waals surface area contributed by atoms with Gasteiger partial charge >= 0.3 is 5.97 Å². The number of benzene rings is 2. The van der Waals surface area contributed by atoms with Gasteiger partial charge in [0.15, 0.2) is 0 Å². The van der Waals surface area contributed by atoms with Crippen LogP contribution in [0.2, 0.25) is 0 Å². The van der Waals surface area contributed by atoms with Gasteiger partial charge < -0.3 is 10.0 Å². The molecule has 1 fully saturated rings. The normalized spacial score (nSPS) is 14.8. The molecule has 0 radical (unpaired) electrons. The van der Waals surface area contributed by atoms with E-state index in [-0.39, 0.29) is 16.1 Å². The number of carbonyl (C=O) groups is 1. The van der Waals surface area contributed by atoms with Crippen molar-refractivity contribution in [2.75, 3.05) is 42.3 Å². The van der Waals surface area contributed by atoms with E-state index in [1.165, 1.54) is 24.3 Å². The number of carboxylic acids is 1. The standard InChI is InChI=1S/C21H23FN4O4S/c1-15-3-4-16(22)13-20(15)31(29,30)24-17-5-6-19(18(14-17)21(27)28)26-11-9-25(10-12-26)8-2-7-23/h3-6,13-14,24H,2,8-12H2,1H3,(H,27,28). The molecule has 0 unspecified atom stereocenters. The van der Waals surface area contributed by atoms with Crippen molar-refractivity contribution >= 4 is 27.4 Å². The molecule has 0 aromatic heterocycles. The molecule has 2 aromatic carbocycles. The average molecular weight is 447 g/mol. The molecule has 1 aliphatic heterocycles. The van der Waals surface area contributed by atoms with E-state index in [1.807, 2.05) is 4.90 Å². The van der Waals surface area contributed by atoms with Crippen LogP contribution in [0.5, 0.6) is 0 Å². The molecule has 0 saturated carbocycles. The van der Waals surface area contributed by atoms with Gasteiger partial charge in [0.25, 0.3) is 10.0 Å². The molecule has 31 heavy (non-hydrogen) atoms. The van der Waals surface area contributed by atoms with Crippen molar-refractivity contribution in [3.63, 3.8) is 0 Å². The monoisotopic (exact) mass is 446 g/mol. The second kappa shape index (κ2) is 9.32. The number of hydrogen-bond acceptors (Lipinski definition) is 6. The van der Waals surface area contributed by atoms with E-state index in [9.17, 15) is 22.7 Å². The zero-order chi connectivity index (χ0) is 22.6. The fraction of sp³-hybridized carbons (Fsp3) is 0.333. The van der Waals surface area contributed by atoms with E-state index in [1.54, 1.807) is 13.0 Å². The van der Waals surface area contributed by atoms with E-state index >= 15 is 0 Å². The quantitative estimate of drug-likeness (QED) is 0.672. The highest BCUT2D eigenvalue weighted by molar-refractivity contribution is 7.92. The minimum Gasteiger partial charge on any atom is -0.478 e. The van der Waals surface area contributed by atoms with Crippen LogP contribution in [0.1, 0.15) is 22.3 Å². The first-order valence-corrected chi connectivity index (χ1v) is 11.2. The van der Waals surface area contributed by atoms with Gasteiger partial charge in [0, 0.05) is 44.8 Å². The van der Waals surface area contributed by atoms with Crippen LogP contribution in [0.3, 0.4) is 0 Å². The molecule has 3 rings (SSSR count). The molecule has 0 amide bonds. The maximum atomic E-state index is 13.5. The van der Waals surface area contributed by atoms with E-state index in [4.69, 9.17) is 5.26 Å². The number of nitrogens with zero attached hydrogens (tertiary/aromatic N) is 3. The Balaban J connectivity index is 1.82. The number of aryl methyl sites for hydroxylation is 1. The number of halogens is 1. The number of nitrogens with one attached hydrogen (secondary N) is 1. The van der Waals surface area contributed by atoms with Crippen LogP contribution in [0.4, 0.5) is 15.8 Å². The van der Waals surface area contributed by atoms with Crippen LogP contribution in [-0.2, 0) is 10.0 Å². The first-order valence-electron chi connectivity index (χ1n) is 9.72. The zero-order valence-corrected chi connectivity index (χ0v) is 17.8. The van der Waals surface area contributed by atoms with Gasteiger partial charge in [-0.25, -0.2) is 17.6 Å². The molecule has 0 bridgehead atoms. The Hall–Kier alpha value is -3.16. The molecule has 1 heterocycles. The van der Waals surface area contributed by atoms with Crippen LogP contribution in [0.15, 0.2) is 41.3 Å². The van der Waals surface area contributed by atoms with E-state index < -0.39 is 21.8 Å². The van der Waals surface area contributed by atoms with Gasteiger partial charge in [-0.1, -0.05) is 6.07 Å². The maximum absolute atomic E-state index is 13.5. The summed E-state index contributed by atoms with van der Waals surface area (Å²) in [7, 11) is -4.09. The SMILES string of the molecule is Cc1ccc(F)cc1S(=O)(=O)Nc1ccc(N2CCN(CCC#N)CC2)c(C(=O)O)c1. The van der Waals surface area contributed by atoms with Gasteiger partial charge in [-0.2, -0.15) is 5.26 Å². The van der Waals surface area contributed by atoms with Crippen LogP contribution < -0.4 is 9.62 Å². The molecule has 1 aliphatic rings. The maximum Gasteiger partial charge on any atom is 0.337 e. The number of anilines is 2. The van der Waals surface area contributed by atoms with Crippen molar-refractivity contribution in [2.24, 2.45) is 0 Å². The summed E-state index contributed by atoms with van der Waals surface area (Å²) in [4.78, 5) is 15.7. The lowest BCUT2D eigenvalue weighted by Gasteiger charge is -2.36. The molecule has 164 valence electrons. The van der Waals surface area contributed by atoms with Crippen molar-refractivity contribution < 1.29 is 22.7 Å². The molecule has 0 aliphatic carbocycles. The Labute approximate surface area is 180 Å². The molecule has 8 nitrogen and oxygen atoms in total. The molecule has 2 N–H and O–H groups in total. The highest BCUT2D eigenvalue weighted by atomic mass is 32.2. The first kappa shape index (κ1) is 22.5. The third-order valence-electron chi connectivity index (χ3n) is 5.17. The molecule has 2 aromatic rings. The second-order valence-electron chi connectivity index (χ2n) is 7.29. The predicted molar refractivity (Wildman–Crippen MR) is 114 cm³/mol. The summed E-state index contributed by atoms with van der Waals surface area (Å²) in [6.45, 7) is 4.83. The number of hydrogen-bond donors (Lipinski definition) is 2. The molecule has 0 atom stereocenters. The number of rotatable bonds is 7. The van der Waals surface area contributed by atoms with E-state index in [0.717, 1.165) is 6.07 Å². The van der Waals surface area contributed by atoms with E-state index in [0.29, 0.717) is 50.4 Å². The number of aromatic carboxylic acids is 1. The van der Waals surface area contributed by atoms with Crippen LogP contribution in [0, 0.1) is 24.1 Å². The number of carboxylic acid groups (broad SMARTS) is 1. The van der Waals surface area contributed by atoms with Gasteiger partial charge in [-0.05, 0) is 42.8 Å². The summed E-state index contributed by atoms with van der Waals surface area (Å²) < 4.78 is 41.3. The summed E-state index contributed by atoms with van der Waals surface area (Å²) >= 11 is 0. The molecule has 1 saturated heterocycles. The molecular weight excluding hydrogens is 423 g/mol. The molecular formula is C21H23FN4O4S. The number of piperazine rings is 1. The van der Waals surface area contributed by atoms with Crippen molar-refractivity contribution in [3.8, 4) is 6.07 Å². The number of nitriles is 1. The predicted octanol–water partition coefficient (Wildman–Crippen LogP) is 2.67. The Morgan fingerprint density at radius 2 is 1.90 bits per heavy atom. The average Bonchev–Trinajstić information content (AvgIpc) is 2.74. The summed E-state index contributed by atoms with van der Waals surface area (Å²) in [5.74, 6) is -1.86. The number of sulfonamides is 1. The topological polar surface area (TPSA) is 114 Å². The van der Waals surface area contributed by atoms with E-state index in [2.05, 4.69) is 15.7 Å². The summed E-state index contributed by atoms with van der Waals surface area (Å²) in [6.07, 6.45) is 0.444. The Morgan fingerprint density at radius 3 is 2.55 bits per heavy atom. The highest BCUT2D eigenvalue weighted by Crippen LogP contribution is 2.28. The van der Waals surface area contributed by atoms with Crippen molar-refractivity contribution in [1.29, 1.82) is 5.26 Å². The first-order chi connectivity index (χ1) is 14.7. The minimum atomic E-state index is -4.09. The largest absolute Gasteiger partial charge is 0.478 e. The van der Waals surface area contributed by atoms with Gasteiger partial charge in [0.2, 0.25) is 0 Å². The lowest BCUT2D eigenvalue weighted by molar-refractivity contribution is 0.0697. The zero-order valence-electron chi connectivity index (χ0n) is 17.0. The smallest absolute Gasteiger partial charge is 0.337 e. The fourth-order valence-corrected chi connectivity index (χ4v) is 4.85. The highest BCUT2D eigenvalue weighted by Gasteiger charge is 2.23. The van der Waals surface area contributed by atoms with Crippen molar-refractivity contribution in [1.82, 2.24) is 4.90 Å². The summed E-state index contributed by atoms with van der Waals surface area (Å²) in [6, 6.07) is 9.92. The lowest BCUT2D eigenvalue weighted by Crippen LogP contribution is -2.47. The van der Waals surface area contributed by atoms with Gasteiger partial charge in [-0.15, -0.1) is 0 Å². The Bertz CT molecular complexity index is 1120. The summed E-state index contributed by atoms with van der Waals surface area (Å²) in [5.41, 5.74) is 0.926. The van der Waals surface area contributed by atoms with Crippen molar-refractivity contribution in [3.05, 3.63) is 53.3 Å². The van der Waals surface area contributed by atoms with Gasteiger partial charge in [-0.3, -0.25) is 9.62 Å². The van der Waals surface area contributed by atoms with Gasteiger partial charge in [0.05, 0.1) is 22.2 Å². The third kappa shape index (κ3) is 5.31. The fourth-order valence-electron chi connectivity index (χ4n) is 3.54. The van der Waals surface area contributed by atoms with Crippen molar-refractivity contribution in [2.45, 2.75) is 18.2 Å². The second-order valence-corrected chi connectivity index (χ2v) is 8.94. The van der Waals surface area contributed by atoms with Crippen LogP contribution in [-0.4, -0.2) is 57.1 Å². The lowest BCUT2D eigenvalue weighted by atomic mass is 10.1. The third-order valence-corrected chi connectivity index (χ3v) is 6.69. The molecule has 0 spiro atoms. The Morgan fingerprint density at radius 1 is 1.19 bits per heavy atom. The van der Waals surface area contributed by atoms with Gasteiger partial charge in [0.1, 0.15) is 5.82 Å². The van der Waals surface area contributed by atoms with Crippen LogP contribution in [0.25, 0.3) is 0 Å². The Kier molecular flexibility index (Phi) is 6.77. The summed E-state index contributed by atoms with van der Waals surface area (Å²) in [5, 5.41) is 18.4. The van der Waals surface area contributed by atoms with Crippen LogP contribution >= 0.6 is 0 Å².